The van der Waals surface area contributed by atoms with Gasteiger partial charge in [-0.15, -0.1) is 0 Å². The molecule has 3 aliphatic rings. The van der Waals surface area contributed by atoms with Gasteiger partial charge in [-0.3, -0.25) is 9.59 Å². The summed E-state index contributed by atoms with van der Waals surface area (Å²) < 4.78 is 40.5. The van der Waals surface area contributed by atoms with E-state index in [4.69, 9.17) is 33.2 Å². The minimum atomic E-state index is -2.25. The maximum Gasteiger partial charge on any atom is 0.330 e. The van der Waals surface area contributed by atoms with E-state index < -0.39 is 66.4 Å². The molecule has 0 aromatic heterocycles. The quantitative estimate of drug-likeness (QED) is 0.175. The Morgan fingerprint density at radius 1 is 1.09 bits per heavy atom. The van der Waals surface area contributed by atoms with Gasteiger partial charge in [0.15, 0.2) is 12.4 Å². The lowest BCUT2D eigenvalue weighted by molar-refractivity contribution is -0.327. The smallest absolute Gasteiger partial charge is 0.330 e. The van der Waals surface area contributed by atoms with Crippen molar-refractivity contribution in [2.24, 2.45) is 10.8 Å². The summed E-state index contributed by atoms with van der Waals surface area (Å²) in [5, 5.41) is 33.0. The predicted octanol–water partition coefficient (Wildman–Crippen LogP) is 2.48. The van der Waals surface area contributed by atoms with Gasteiger partial charge in [-0.2, -0.15) is 0 Å². The zero-order valence-electron chi connectivity index (χ0n) is 28.1. The Morgan fingerprint density at radius 2 is 1.78 bits per heavy atom. The molecule has 0 aliphatic carbocycles. The molecule has 0 spiro atoms. The first-order valence-electron chi connectivity index (χ1n) is 15.9. The van der Waals surface area contributed by atoms with Gasteiger partial charge in [-0.05, 0) is 36.3 Å². The second kappa shape index (κ2) is 16.1. The van der Waals surface area contributed by atoms with Crippen LogP contribution >= 0.6 is 0 Å². The van der Waals surface area contributed by atoms with Crippen LogP contribution in [0.1, 0.15) is 80.1 Å². The number of fused-ring (bicyclic) bond motifs is 4. The van der Waals surface area contributed by atoms with Crippen molar-refractivity contribution in [3.8, 4) is 0 Å². The molecule has 0 radical (unpaired) electrons. The number of cyclic esters (lactones) is 1. The molecule has 0 unspecified atom stereocenters. The molecular formula is C33H52O13. The molecule has 3 rings (SSSR count). The van der Waals surface area contributed by atoms with Crippen LogP contribution in [0.15, 0.2) is 23.8 Å². The minimum Gasteiger partial charge on any atom is -0.466 e. The van der Waals surface area contributed by atoms with Crippen molar-refractivity contribution >= 4 is 17.9 Å². The van der Waals surface area contributed by atoms with E-state index in [-0.39, 0.29) is 55.5 Å². The molecule has 3 N–H and O–H groups in total. The van der Waals surface area contributed by atoms with Crippen LogP contribution < -0.4 is 0 Å². The number of carbonyl (C=O) groups is 3. The van der Waals surface area contributed by atoms with Crippen molar-refractivity contribution in [2.75, 3.05) is 26.9 Å². The van der Waals surface area contributed by atoms with Crippen LogP contribution in [0.25, 0.3) is 0 Å². The summed E-state index contributed by atoms with van der Waals surface area (Å²) in [5.74, 6) is -4.44. The van der Waals surface area contributed by atoms with Crippen molar-refractivity contribution in [2.45, 2.75) is 129 Å². The molecule has 3 heterocycles. The Morgan fingerprint density at radius 3 is 2.41 bits per heavy atom. The highest BCUT2D eigenvalue weighted by Crippen LogP contribution is 2.46. The van der Waals surface area contributed by atoms with Gasteiger partial charge in [-0.1, -0.05) is 40.7 Å². The van der Waals surface area contributed by atoms with E-state index in [1.807, 2.05) is 0 Å². The average Bonchev–Trinajstić information content (AvgIpc) is 2.96. The molecule has 262 valence electrons. The van der Waals surface area contributed by atoms with E-state index >= 15 is 0 Å². The monoisotopic (exact) mass is 656 g/mol. The fourth-order valence-electron chi connectivity index (χ4n) is 5.83. The number of ether oxygens (including phenoxy) is 7. The highest BCUT2D eigenvalue weighted by atomic mass is 16.7. The topological polar surface area (TPSA) is 177 Å². The first-order valence-corrected chi connectivity index (χ1v) is 15.9. The molecule has 0 saturated carbocycles. The molecule has 13 nitrogen and oxygen atoms in total. The summed E-state index contributed by atoms with van der Waals surface area (Å²) in [6, 6.07) is 0. The molecule has 13 heteroatoms. The highest BCUT2D eigenvalue weighted by molar-refractivity contribution is 5.83. The standard InChI is InChI=1S/C33H52O13/c1-20(35)43-30-21(15-27(37)40-7)14-24-17-25(19-34)44-28(38)16-22(36)9-12-41-26(31(2,3)4)18-23-10-13-42-29(45-23)8-11-32(5,6)33(30,39)46-24/h8,11,15,22-26,29-30,34,36,39H,9-10,12-14,16-19H2,1-7H3/b11-8+,21-15?/t22-,23+,24+,25-,26+,29+,30+,33-/m1/s1. The van der Waals surface area contributed by atoms with Gasteiger partial charge in [0.05, 0.1) is 51.2 Å². The zero-order chi connectivity index (χ0) is 34.3. The van der Waals surface area contributed by atoms with Gasteiger partial charge in [0.1, 0.15) is 6.10 Å². The summed E-state index contributed by atoms with van der Waals surface area (Å²) in [7, 11) is 1.19. The van der Waals surface area contributed by atoms with Crippen molar-refractivity contribution in [3.63, 3.8) is 0 Å². The fraction of sp³-hybridized carbons (Fsp3) is 0.788. The lowest BCUT2D eigenvalue weighted by Crippen LogP contribution is -2.62. The third kappa shape index (κ3) is 10.3. The molecule has 0 aromatic carbocycles. The van der Waals surface area contributed by atoms with Crippen molar-refractivity contribution in [3.05, 3.63) is 23.8 Å². The van der Waals surface area contributed by atoms with Gasteiger partial charge in [-0.25, -0.2) is 4.79 Å². The Bertz CT molecular complexity index is 1110. The maximum atomic E-state index is 12.8. The van der Waals surface area contributed by atoms with Crippen LogP contribution in [0, 0.1) is 10.8 Å². The second-order valence-corrected chi connectivity index (χ2v) is 13.9. The summed E-state index contributed by atoms with van der Waals surface area (Å²) >= 11 is 0. The van der Waals surface area contributed by atoms with Gasteiger partial charge in [0.2, 0.25) is 5.79 Å². The van der Waals surface area contributed by atoms with E-state index in [9.17, 15) is 29.7 Å². The summed E-state index contributed by atoms with van der Waals surface area (Å²) in [5.41, 5.74) is -1.33. The number of rotatable bonds is 3. The second-order valence-electron chi connectivity index (χ2n) is 13.9. The zero-order valence-corrected chi connectivity index (χ0v) is 28.1. The molecule has 8 atom stereocenters. The third-order valence-electron chi connectivity index (χ3n) is 8.57. The summed E-state index contributed by atoms with van der Waals surface area (Å²) in [4.78, 5) is 37.4. The summed E-state index contributed by atoms with van der Waals surface area (Å²) in [6.07, 6.45) is -0.226. The van der Waals surface area contributed by atoms with Crippen LogP contribution in [-0.2, 0) is 47.5 Å². The Labute approximate surface area is 271 Å². The largest absolute Gasteiger partial charge is 0.466 e. The minimum absolute atomic E-state index is 0.0192. The molecule has 2 saturated heterocycles. The van der Waals surface area contributed by atoms with Crippen LogP contribution in [0.3, 0.4) is 0 Å². The van der Waals surface area contributed by atoms with E-state index in [1.165, 1.54) is 14.0 Å². The number of methoxy groups -OCH3 is 1. The van der Waals surface area contributed by atoms with Crippen molar-refractivity contribution in [1.29, 1.82) is 0 Å². The number of aliphatic hydroxyl groups excluding tert-OH is 2. The van der Waals surface area contributed by atoms with E-state index in [0.717, 1.165) is 6.08 Å². The normalized spacial score (nSPS) is 36.6. The fourth-order valence-corrected chi connectivity index (χ4v) is 5.83. The number of hydrogen-bond acceptors (Lipinski definition) is 13. The maximum absolute atomic E-state index is 12.8. The van der Waals surface area contributed by atoms with Crippen LogP contribution in [0.5, 0.6) is 0 Å². The third-order valence-corrected chi connectivity index (χ3v) is 8.57. The summed E-state index contributed by atoms with van der Waals surface area (Å²) in [6.45, 7) is 10.7. The van der Waals surface area contributed by atoms with Crippen LogP contribution in [-0.4, -0.2) is 109 Å². The number of aliphatic hydroxyl groups is 3. The van der Waals surface area contributed by atoms with Crippen LogP contribution in [0.4, 0.5) is 0 Å². The molecule has 0 aromatic rings. The van der Waals surface area contributed by atoms with Gasteiger partial charge in [0.25, 0.3) is 0 Å². The molecule has 46 heavy (non-hydrogen) atoms. The van der Waals surface area contributed by atoms with Gasteiger partial charge < -0.3 is 48.5 Å². The SMILES string of the molecule is COC(=O)C=C1C[C@H]2C[C@H](CO)OC(=O)C[C@H](O)CCO[C@H](C(C)(C)C)C[C@@H]3CCO[C@H](/C=C/C(C)(C)[C@](O)(O2)[C@H]1OC(C)=O)O3. The molecular weight excluding hydrogens is 604 g/mol. The van der Waals surface area contributed by atoms with Crippen molar-refractivity contribution < 1.29 is 62.9 Å². The molecule has 2 fully saturated rings. The van der Waals surface area contributed by atoms with Crippen LogP contribution in [0.2, 0.25) is 0 Å². The van der Waals surface area contributed by atoms with Crippen molar-refractivity contribution in [1.82, 2.24) is 0 Å². The first-order chi connectivity index (χ1) is 21.5. The Kier molecular flexibility index (Phi) is 13.4. The van der Waals surface area contributed by atoms with E-state index in [1.54, 1.807) is 26.0 Å². The lowest BCUT2D eigenvalue weighted by atomic mass is 9.74. The van der Waals surface area contributed by atoms with Gasteiger partial charge >= 0.3 is 17.9 Å². The number of esters is 3. The Hall–Kier alpha value is -2.39. The number of carbonyl (C=O) groups excluding carboxylic acids is 3. The molecule has 4 bridgehead atoms. The Balaban J connectivity index is 2.05. The van der Waals surface area contributed by atoms with E-state index in [2.05, 4.69) is 20.8 Å². The number of hydrogen-bond donors (Lipinski definition) is 3. The average molecular weight is 657 g/mol. The first kappa shape index (κ1) is 38.1. The highest BCUT2D eigenvalue weighted by Gasteiger charge is 2.57. The molecule has 0 amide bonds. The lowest BCUT2D eigenvalue weighted by Gasteiger charge is -2.50. The molecule has 3 aliphatic heterocycles. The van der Waals surface area contributed by atoms with E-state index in [0.29, 0.717) is 19.4 Å². The predicted molar refractivity (Wildman–Crippen MR) is 163 cm³/mol. The van der Waals surface area contributed by atoms with Gasteiger partial charge in [0, 0.05) is 37.9 Å².